The summed E-state index contributed by atoms with van der Waals surface area (Å²) in [6, 6.07) is 2.18. The highest BCUT2D eigenvalue weighted by Crippen LogP contribution is 2.45. The molecule has 3 rings (SSSR count). The van der Waals surface area contributed by atoms with Gasteiger partial charge < -0.3 is 9.69 Å². The van der Waals surface area contributed by atoms with Gasteiger partial charge in [-0.2, -0.15) is 0 Å². The van der Waals surface area contributed by atoms with Crippen LogP contribution in [0.5, 0.6) is 0 Å². The van der Waals surface area contributed by atoms with Crippen molar-refractivity contribution >= 4 is 12.4 Å². The molecule has 2 heterocycles. The van der Waals surface area contributed by atoms with Crippen LogP contribution in [-0.4, -0.2) is 36.3 Å². The number of carbonyl (C=O) groups is 1. The molecule has 0 atom stereocenters. The van der Waals surface area contributed by atoms with E-state index in [1.165, 1.54) is 29.5 Å². The Morgan fingerprint density at radius 1 is 1.42 bits per heavy atom. The Bertz CT molecular complexity index is 513. The van der Waals surface area contributed by atoms with Crippen molar-refractivity contribution in [3.63, 3.8) is 0 Å². The van der Waals surface area contributed by atoms with Crippen molar-refractivity contribution in [2.45, 2.75) is 31.1 Å². The molecule has 0 radical (unpaired) electrons. The van der Waals surface area contributed by atoms with Gasteiger partial charge in [0.15, 0.2) is 0 Å². The number of allylic oxidation sites excluding steroid dienone is 1. The van der Waals surface area contributed by atoms with Crippen molar-refractivity contribution in [3.8, 4) is 0 Å². The summed E-state index contributed by atoms with van der Waals surface area (Å²) in [6.45, 7) is 2.27. The topological polar surface area (TPSA) is 33.2 Å². The van der Waals surface area contributed by atoms with E-state index in [-0.39, 0.29) is 5.41 Å². The van der Waals surface area contributed by atoms with Gasteiger partial charge in [-0.1, -0.05) is 11.6 Å². The van der Waals surface area contributed by atoms with Gasteiger partial charge in [0.25, 0.3) is 0 Å². The highest BCUT2D eigenvalue weighted by molar-refractivity contribution is 5.67. The quantitative estimate of drug-likeness (QED) is 0.762. The molecule has 1 aromatic rings. The van der Waals surface area contributed by atoms with Crippen molar-refractivity contribution in [1.82, 2.24) is 9.88 Å². The van der Waals surface area contributed by atoms with E-state index in [9.17, 15) is 4.79 Å². The summed E-state index contributed by atoms with van der Waals surface area (Å²) in [6.07, 6.45) is 11.0. The summed E-state index contributed by atoms with van der Waals surface area (Å²) >= 11 is 0. The lowest BCUT2D eigenvalue weighted by Gasteiger charge is -2.44. The van der Waals surface area contributed by atoms with Gasteiger partial charge in [0.05, 0.1) is 0 Å². The molecule has 1 saturated heterocycles. The number of hydrogen-bond donors (Lipinski definition) is 0. The average Bonchev–Trinajstić information content (AvgIpc) is 2.43. The van der Waals surface area contributed by atoms with Crippen LogP contribution >= 0.6 is 0 Å². The third kappa shape index (κ3) is 2.23. The molecular formula is C16H20N2O. The van der Waals surface area contributed by atoms with Gasteiger partial charge in [0, 0.05) is 24.2 Å². The van der Waals surface area contributed by atoms with Gasteiger partial charge in [-0.05, 0) is 56.6 Å². The largest absolute Gasteiger partial charge is 0.306 e. The Balaban J connectivity index is 2.01. The second-order valence-corrected chi connectivity index (χ2v) is 5.90. The zero-order valence-electron chi connectivity index (χ0n) is 11.4. The first-order chi connectivity index (χ1) is 9.23. The molecule has 0 unspecified atom stereocenters. The van der Waals surface area contributed by atoms with E-state index < -0.39 is 0 Å². The molecule has 0 aromatic carbocycles. The van der Waals surface area contributed by atoms with Crippen LogP contribution in [0, 0.1) is 0 Å². The summed E-state index contributed by atoms with van der Waals surface area (Å²) in [5.74, 6) is 0. The molecule has 1 fully saturated rings. The molecule has 100 valence electrons. The van der Waals surface area contributed by atoms with Gasteiger partial charge in [-0.25, -0.2) is 0 Å². The molecule has 19 heavy (non-hydrogen) atoms. The van der Waals surface area contributed by atoms with Crippen LogP contribution in [0.1, 0.15) is 36.8 Å². The number of fused-ring (bicyclic) bond motifs is 2. The summed E-state index contributed by atoms with van der Waals surface area (Å²) < 4.78 is 0. The minimum absolute atomic E-state index is 0.234. The number of aldehydes is 1. The van der Waals surface area contributed by atoms with E-state index in [0.717, 1.165) is 25.8 Å². The van der Waals surface area contributed by atoms with E-state index in [1.54, 1.807) is 0 Å². The molecule has 0 bridgehead atoms. The molecule has 3 heteroatoms. The molecule has 1 aromatic heterocycles. The fourth-order valence-corrected chi connectivity index (χ4v) is 3.54. The zero-order chi connectivity index (χ0) is 13.3. The third-order valence-electron chi connectivity index (χ3n) is 4.64. The van der Waals surface area contributed by atoms with Crippen LogP contribution in [0.25, 0.3) is 6.08 Å². The standard InChI is InChI=1S/C16H20N2O/c1-18-7-4-16(5-8-18)11-13(3-9-19)10-14-12-17-6-2-15(14)16/h2,6,9-10,12H,3-5,7-8,11H2,1H3. The lowest BCUT2D eigenvalue weighted by Crippen LogP contribution is -2.42. The molecular weight excluding hydrogens is 236 g/mol. The molecule has 1 aliphatic heterocycles. The van der Waals surface area contributed by atoms with Gasteiger partial charge in [-0.15, -0.1) is 0 Å². The average molecular weight is 256 g/mol. The number of hydrogen-bond acceptors (Lipinski definition) is 3. The van der Waals surface area contributed by atoms with Crippen LogP contribution in [-0.2, 0) is 10.2 Å². The molecule has 1 spiro atoms. The number of aromatic nitrogens is 1. The first-order valence-electron chi connectivity index (χ1n) is 7.00. The van der Waals surface area contributed by atoms with E-state index in [1.807, 2.05) is 12.4 Å². The fraction of sp³-hybridized carbons (Fsp3) is 0.500. The number of carbonyl (C=O) groups excluding carboxylic acids is 1. The fourth-order valence-electron chi connectivity index (χ4n) is 3.54. The lowest BCUT2D eigenvalue weighted by atomic mass is 9.65. The Hall–Kier alpha value is -1.48. The molecule has 0 N–H and O–H groups in total. The molecule has 3 nitrogen and oxygen atoms in total. The van der Waals surface area contributed by atoms with Gasteiger partial charge in [-0.3, -0.25) is 4.98 Å². The molecule has 0 amide bonds. The first-order valence-corrected chi connectivity index (χ1v) is 7.00. The van der Waals surface area contributed by atoms with Crippen LogP contribution in [0.4, 0.5) is 0 Å². The maximum atomic E-state index is 10.8. The summed E-state index contributed by atoms with van der Waals surface area (Å²) in [5, 5.41) is 0. The maximum absolute atomic E-state index is 10.8. The molecule has 2 aliphatic rings. The van der Waals surface area contributed by atoms with Gasteiger partial charge in [0.2, 0.25) is 0 Å². The van der Waals surface area contributed by atoms with E-state index in [0.29, 0.717) is 6.42 Å². The van der Waals surface area contributed by atoms with Crippen molar-refractivity contribution < 1.29 is 4.79 Å². The molecule has 1 aliphatic carbocycles. The van der Waals surface area contributed by atoms with Crippen molar-refractivity contribution in [2.75, 3.05) is 20.1 Å². The second-order valence-electron chi connectivity index (χ2n) is 5.90. The first kappa shape index (κ1) is 12.5. The van der Waals surface area contributed by atoms with Crippen molar-refractivity contribution in [1.29, 1.82) is 0 Å². The highest BCUT2D eigenvalue weighted by atomic mass is 16.1. The molecule has 0 saturated carbocycles. The van der Waals surface area contributed by atoms with Crippen molar-refractivity contribution in [2.24, 2.45) is 0 Å². The van der Waals surface area contributed by atoms with E-state index in [4.69, 9.17) is 0 Å². The third-order valence-corrected chi connectivity index (χ3v) is 4.64. The monoisotopic (exact) mass is 256 g/mol. The number of pyridine rings is 1. The Morgan fingerprint density at radius 3 is 2.95 bits per heavy atom. The van der Waals surface area contributed by atoms with Crippen LogP contribution in [0.15, 0.2) is 24.0 Å². The van der Waals surface area contributed by atoms with Crippen LogP contribution < -0.4 is 0 Å². The van der Waals surface area contributed by atoms with Gasteiger partial charge >= 0.3 is 0 Å². The Labute approximate surface area is 114 Å². The number of nitrogens with zero attached hydrogens (tertiary/aromatic N) is 2. The predicted molar refractivity (Wildman–Crippen MR) is 75.9 cm³/mol. The number of rotatable bonds is 2. The van der Waals surface area contributed by atoms with E-state index >= 15 is 0 Å². The summed E-state index contributed by atoms with van der Waals surface area (Å²) in [7, 11) is 2.19. The van der Waals surface area contributed by atoms with Crippen LogP contribution in [0.2, 0.25) is 0 Å². The smallest absolute Gasteiger partial charge is 0.124 e. The summed E-state index contributed by atoms with van der Waals surface area (Å²) in [4.78, 5) is 17.5. The summed E-state index contributed by atoms with van der Waals surface area (Å²) in [5.41, 5.74) is 4.15. The number of piperidine rings is 1. The minimum Gasteiger partial charge on any atom is -0.306 e. The van der Waals surface area contributed by atoms with Crippen LogP contribution in [0.3, 0.4) is 0 Å². The zero-order valence-corrected chi connectivity index (χ0v) is 11.4. The predicted octanol–water partition coefficient (Wildman–Crippen LogP) is 2.42. The minimum atomic E-state index is 0.234. The van der Waals surface area contributed by atoms with Crippen molar-refractivity contribution in [3.05, 3.63) is 35.2 Å². The maximum Gasteiger partial charge on any atom is 0.124 e. The number of likely N-dealkylation sites (tertiary alicyclic amines) is 1. The normalized spacial score (nSPS) is 21.8. The van der Waals surface area contributed by atoms with E-state index in [2.05, 4.69) is 29.1 Å². The van der Waals surface area contributed by atoms with Gasteiger partial charge in [0.1, 0.15) is 6.29 Å². The Kier molecular flexibility index (Phi) is 3.23. The lowest BCUT2D eigenvalue weighted by molar-refractivity contribution is -0.107. The second kappa shape index (κ2) is 4.89. The highest BCUT2D eigenvalue weighted by Gasteiger charge is 2.39. The SMILES string of the molecule is CN1CCC2(CC1)CC(CC=O)=Cc1cnccc12. The Morgan fingerprint density at radius 2 is 2.21 bits per heavy atom.